The lowest BCUT2D eigenvalue weighted by Crippen LogP contribution is -2.57. The predicted octanol–water partition coefficient (Wildman–Crippen LogP) is 2.56. The van der Waals surface area contributed by atoms with E-state index in [1.807, 2.05) is 11.0 Å². The van der Waals surface area contributed by atoms with E-state index in [9.17, 15) is 9.18 Å². The average Bonchev–Trinajstić information content (AvgIpc) is 3.57. The van der Waals surface area contributed by atoms with Gasteiger partial charge in [-0.15, -0.1) is 0 Å². The van der Waals surface area contributed by atoms with Crippen molar-refractivity contribution in [1.82, 2.24) is 15.2 Å². The quantitative estimate of drug-likeness (QED) is 0.751. The monoisotopic (exact) mass is 435 g/mol. The van der Waals surface area contributed by atoms with Crippen LogP contribution in [0.5, 0.6) is 5.75 Å². The van der Waals surface area contributed by atoms with Crippen LogP contribution in [0.4, 0.5) is 10.2 Å². The van der Waals surface area contributed by atoms with E-state index in [0.29, 0.717) is 30.0 Å². The van der Waals surface area contributed by atoms with Gasteiger partial charge in [-0.1, -0.05) is 0 Å². The van der Waals surface area contributed by atoms with E-state index in [1.165, 1.54) is 6.07 Å². The topological polar surface area (TPSA) is 81.5 Å². The molecule has 1 N–H and O–H groups in total. The molecule has 2 bridgehead atoms. The lowest BCUT2D eigenvalue weighted by atomic mass is 10.0. The largest absolute Gasteiger partial charge is 0.497 e. The lowest BCUT2D eigenvalue weighted by molar-refractivity contribution is -0.131. The molecule has 1 aliphatic carbocycles. The summed E-state index contributed by atoms with van der Waals surface area (Å²) >= 11 is 0. The van der Waals surface area contributed by atoms with Gasteiger partial charge in [0.2, 0.25) is 5.91 Å². The van der Waals surface area contributed by atoms with Crippen molar-refractivity contribution >= 4 is 11.7 Å². The molecule has 1 amide bonds. The maximum Gasteiger partial charge on any atom is 0.236 e. The van der Waals surface area contributed by atoms with Gasteiger partial charge in [0, 0.05) is 42.5 Å². The van der Waals surface area contributed by atoms with Crippen LogP contribution in [0.15, 0.2) is 36.5 Å². The summed E-state index contributed by atoms with van der Waals surface area (Å²) in [7, 11) is 1.56. The number of nitrogens with zero attached hydrogens (tertiary/aromatic N) is 4. The number of fused-ring (bicyclic) bond motifs is 2. The number of methoxy groups -OCH3 is 1. The summed E-state index contributed by atoms with van der Waals surface area (Å²) in [5, 5.41) is 12.3. The van der Waals surface area contributed by atoms with Crippen LogP contribution in [-0.2, 0) is 10.3 Å². The van der Waals surface area contributed by atoms with Crippen molar-refractivity contribution in [1.29, 1.82) is 5.26 Å². The standard InChI is InChI=1S/C24H26FN5O2/c1-32-19-5-6-21(25)20(10-19)24(8-9-24)28-13-23(31)29-14-17-3-4-18(15-29)30(17)22-7-2-16(11-26)12-27-22/h2,5-7,10,12,17-18,28H,3-4,8-9,13-15H2,1H3. The highest BCUT2D eigenvalue weighted by molar-refractivity contribution is 5.79. The molecule has 0 spiro atoms. The van der Waals surface area contributed by atoms with Gasteiger partial charge in [0.25, 0.3) is 0 Å². The number of hydrogen-bond acceptors (Lipinski definition) is 6. The Morgan fingerprint density at radius 3 is 2.62 bits per heavy atom. The number of aromatic nitrogens is 1. The van der Waals surface area contributed by atoms with E-state index in [4.69, 9.17) is 10.00 Å². The van der Waals surface area contributed by atoms with Gasteiger partial charge in [-0.25, -0.2) is 9.37 Å². The molecule has 2 atom stereocenters. The molecule has 1 aromatic heterocycles. The number of benzene rings is 1. The molecule has 3 heterocycles. The number of carbonyl (C=O) groups excluding carboxylic acids is 1. The fraction of sp³-hybridized carbons (Fsp3) is 0.458. The van der Waals surface area contributed by atoms with Gasteiger partial charge in [0.1, 0.15) is 23.5 Å². The van der Waals surface area contributed by atoms with E-state index < -0.39 is 5.54 Å². The molecule has 2 unspecified atom stereocenters. The Bertz CT molecular complexity index is 1050. The third-order valence-electron chi connectivity index (χ3n) is 6.99. The number of ether oxygens (including phenoxy) is 1. The zero-order valence-corrected chi connectivity index (χ0v) is 18.1. The van der Waals surface area contributed by atoms with E-state index in [0.717, 1.165) is 31.5 Å². The molecule has 7 nitrogen and oxygen atoms in total. The minimum Gasteiger partial charge on any atom is -0.497 e. The number of amides is 1. The van der Waals surface area contributed by atoms with Crippen LogP contribution >= 0.6 is 0 Å². The molecule has 1 aromatic carbocycles. The molecule has 32 heavy (non-hydrogen) atoms. The Morgan fingerprint density at radius 2 is 2.03 bits per heavy atom. The molecule has 2 aromatic rings. The van der Waals surface area contributed by atoms with Gasteiger partial charge >= 0.3 is 0 Å². The second kappa shape index (κ2) is 8.06. The van der Waals surface area contributed by atoms with Crippen molar-refractivity contribution in [2.45, 2.75) is 43.3 Å². The van der Waals surface area contributed by atoms with Crippen LogP contribution < -0.4 is 15.0 Å². The molecule has 0 radical (unpaired) electrons. The van der Waals surface area contributed by atoms with Gasteiger partial charge < -0.3 is 14.5 Å². The normalized spacial score (nSPS) is 23.0. The van der Waals surface area contributed by atoms with E-state index in [-0.39, 0.29) is 30.4 Å². The fourth-order valence-electron chi connectivity index (χ4n) is 5.11. The number of nitriles is 1. The SMILES string of the molecule is COc1ccc(F)c(C2(NCC(=O)N3CC4CCC(C3)N4c3ccc(C#N)cn3)CC2)c1. The molecule has 5 rings (SSSR count). The highest BCUT2D eigenvalue weighted by Crippen LogP contribution is 2.47. The Hall–Kier alpha value is -3.18. The minimum absolute atomic E-state index is 0.0453. The van der Waals surface area contributed by atoms with Crippen molar-refractivity contribution in [3.8, 4) is 11.8 Å². The van der Waals surface area contributed by atoms with Crippen molar-refractivity contribution < 1.29 is 13.9 Å². The third-order valence-corrected chi connectivity index (χ3v) is 6.99. The number of halogens is 1. The fourth-order valence-corrected chi connectivity index (χ4v) is 5.11. The average molecular weight is 436 g/mol. The Balaban J connectivity index is 1.23. The van der Waals surface area contributed by atoms with Gasteiger partial charge in [-0.05, 0) is 56.0 Å². The number of nitrogens with one attached hydrogen (secondary N) is 1. The highest BCUT2D eigenvalue weighted by Gasteiger charge is 2.47. The van der Waals surface area contributed by atoms with E-state index in [2.05, 4.69) is 21.3 Å². The summed E-state index contributed by atoms with van der Waals surface area (Å²) < 4.78 is 19.7. The Kier molecular flexibility index (Phi) is 5.22. The Labute approximate surface area is 186 Å². The van der Waals surface area contributed by atoms with Gasteiger partial charge in [-0.2, -0.15) is 5.26 Å². The highest BCUT2D eigenvalue weighted by atomic mass is 19.1. The van der Waals surface area contributed by atoms with Crippen molar-refractivity contribution in [3.05, 3.63) is 53.5 Å². The minimum atomic E-state index is -0.485. The second-order valence-electron chi connectivity index (χ2n) is 8.89. The zero-order valence-electron chi connectivity index (χ0n) is 18.1. The molecule has 8 heteroatoms. The van der Waals surface area contributed by atoms with Crippen LogP contribution in [0.1, 0.15) is 36.8 Å². The Morgan fingerprint density at radius 1 is 1.28 bits per heavy atom. The van der Waals surface area contributed by atoms with Crippen LogP contribution in [-0.4, -0.2) is 54.6 Å². The summed E-state index contributed by atoms with van der Waals surface area (Å²) in [5.41, 5.74) is 0.630. The zero-order chi connectivity index (χ0) is 22.3. The van der Waals surface area contributed by atoms with Crippen molar-refractivity contribution in [3.63, 3.8) is 0 Å². The molecule has 2 aliphatic heterocycles. The number of anilines is 1. The first-order valence-corrected chi connectivity index (χ1v) is 11.0. The van der Waals surface area contributed by atoms with Crippen LogP contribution in [0.3, 0.4) is 0 Å². The lowest BCUT2D eigenvalue weighted by Gasteiger charge is -2.42. The first-order chi connectivity index (χ1) is 15.5. The van der Waals surface area contributed by atoms with E-state index in [1.54, 1.807) is 31.5 Å². The summed E-state index contributed by atoms with van der Waals surface area (Å²) in [6.45, 7) is 1.49. The number of hydrogen-bond donors (Lipinski definition) is 1. The number of carbonyl (C=O) groups is 1. The van der Waals surface area contributed by atoms with Gasteiger partial charge in [0.15, 0.2) is 0 Å². The number of rotatable bonds is 6. The first kappa shape index (κ1) is 20.7. The molecule has 3 aliphatic rings. The summed E-state index contributed by atoms with van der Waals surface area (Å²) in [6, 6.07) is 11.0. The maximum absolute atomic E-state index is 14.5. The predicted molar refractivity (Wildman–Crippen MR) is 117 cm³/mol. The van der Waals surface area contributed by atoms with Gasteiger partial charge in [-0.3, -0.25) is 10.1 Å². The van der Waals surface area contributed by atoms with Gasteiger partial charge in [0.05, 0.1) is 19.2 Å². The number of likely N-dealkylation sites (tertiary alicyclic amines) is 1. The molecule has 1 saturated carbocycles. The molecule has 2 saturated heterocycles. The second-order valence-corrected chi connectivity index (χ2v) is 8.89. The van der Waals surface area contributed by atoms with Crippen LogP contribution in [0, 0.1) is 17.1 Å². The summed E-state index contributed by atoms with van der Waals surface area (Å²) in [6.07, 6.45) is 5.23. The van der Waals surface area contributed by atoms with Crippen LogP contribution in [0.25, 0.3) is 0 Å². The molecular formula is C24H26FN5O2. The molecular weight excluding hydrogens is 409 g/mol. The number of piperazine rings is 1. The van der Waals surface area contributed by atoms with Crippen LogP contribution in [0.2, 0.25) is 0 Å². The third kappa shape index (κ3) is 3.67. The summed E-state index contributed by atoms with van der Waals surface area (Å²) in [4.78, 5) is 21.7. The maximum atomic E-state index is 14.5. The smallest absolute Gasteiger partial charge is 0.236 e. The van der Waals surface area contributed by atoms with Crippen molar-refractivity contribution in [2.75, 3.05) is 31.6 Å². The number of pyridine rings is 1. The first-order valence-electron chi connectivity index (χ1n) is 11.0. The summed E-state index contributed by atoms with van der Waals surface area (Å²) in [5.74, 6) is 1.26. The molecule has 3 fully saturated rings. The van der Waals surface area contributed by atoms with Crippen molar-refractivity contribution in [2.24, 2.45) is 0 Å². The van der Waals surface area contributed by atoms with E-state index >= 15 is 0 Å². The molecule has 166 valence electrons.